The van der Waals surface area contributed by atoms with E-state index in [1.54, 1.807) is 31.2 Å². The molecule has 4 rings (SSSR count). The summed E-state index contributed by atoms with van der Waals surface area (Å²) < 4.78 is 1.81. The Labute approximate surface area is 191 Å². The van der Waals surface area contributed by atoms with Gasteiger partial charge in [0, 0.05) is 17.3 Å². The van der Waals surface area contributed by atoms with Crippen LogP contribution in [0.4, 0.5) is 5.69 Å². The smallest absolute Gasteiger partial charge is 0.262 e. The summed E-state index contributed by atoms with van der Waals surface area (Å²) in [6.45, 7) is 3.30. The molecule has 1 heterocycles. The minimum absolute atomic E-state index is 0.0354. The SMILES string of the molecule is CC(=O)c1cccc(NC(=O)C(C)Sc2nc3ccccc3c(=O)n2C2CCCCC2)c1. The van der Waals surface area contributed by atoms with E-state index in [-0.39, 0.29) is 23.3 Å². The second kappa shape index (κ2) is 9.69. The fourth-order valence-corrected chi connectivity index (χ4v) is 5.12. The summed E-state index contributed by atoms with van der Waals surface area (Å²) in [4.78, 5) is 42.7. The number of para-hydroxylation sites is 1. The lowest BCUT2D eigenvalue weighted by atomic mass is 9.95. The van der Waals surface area contributed by atoms with Crippen LogP contribution in [-0.2, 0) is 4.79 Å². The van der Waals surface area contributed by atoms with E-state index in [2.05, 4.69) is 5.32 Å². The van der Waals surface area contributed by atoms with Crippen molar-refractivity contribution < 1.29 is 9.59 Å². The number of ketones is 1. The third kappa shape index (κ3) is 4.78. The van der Waals surface area contributed by atoms with Gasteiger partial charge in [-0.3, -0.25) is 19.0 Å². The number of carbonyl (C=O) groups is 2. The zero-order valence-corrected chi connectivity index (χ0v) is 19.2. The van der Waals surface area contributed by atoms with Crippen molar-refractivity contribution in [2.75, 3.05) is 5.32 Å². The fourth-order valence-electron chi connectivity index (χ4n) is 4.14. The number of hydrogen-bond donors (Lipinski definition) is 1. The van der Waals surface area contributed by atoms with E-state index in [4.69, 9.17) is 4.98 Å². The molecule has 1 N–H and O–H groups in total. The summed E-state index contributed by atoms with van der Waals surface area (Å²) in [5, 5.41) is 3.60. The normalized spacial score (nSPS) is 15.4. The van der Waals surface area contributed by atoms with Gasteiger partial charge in [-0.15, -0.1) is 0 Å². The molecule has 3 aromatic rings. The minimum Gasteiger partial charge on any atom is -0.325 e. The fraction of sp³-hybridized carbons (Fsp3) is 0.360. The molecule has 1 aromatic heterocycles. The summed E-state index contributed by atoms with van der Waals surface area (Å²) in [7, 11) is 0. The number of nitrogens with zero attached hydrogens (tertiary/aromatic N) is 2. The minimum atomic E-state index is -0.473. The van der Waals surface area contributed by atoms with E-state index in [1.165, 1.54) is 25.1 Å². The first-order chi connectivity index (χ1) is 15.4. The first-order valence-electron chi connectivity index (χ1n) is 11.0. The maximum Gasteiger partial charge on any atom is 0.262 e. The molecule has 32 heavy (non-hydrogen) atoms. The molecule has 0 radical (unpaired) electrons. The number of anilines is 1. The number of fused-ring (bicyclic) bond motifs is 1. The molecule has 1 aliphatic carbocycles. The molecular formula is C25H27N3O3S. The molecule has 0 bridgehead atoms. The highest BCUT2D eigenvalue weighted by Crippen LogP contribution is 2.32. The summed E-state index contributed by atoms with van der Waals surface area (Å²) in [6, 6.07) is 14.4. The van der Waals surface area contributed by atoms with Crippen LogP contribution in [0.15, 0.2) is 58.5 Å². The molecular weight excluding hydrogens is 422 g/mol. The van der Waals surface area contributed by atoms with Gasteiger partial charge in [-0.25, -0.2) is 4.98 Å². The molecule has 0 saturated heterocycles. The Kier molecular flexibility index (Phi) is 6.74. The second-order valence-corrected chi connectivity index (χ2v) is 9.57. The van der Waals surface area contributed by atoms with Crippen molar-refractivity contribution in [1.29, 1.82) is 0 Å². The van der Waals surface area contributed by atoms with Crippen LogP contribution in [0.2, 0.25) is 0 Å². The van der Waals surface area contributed by atoms with Crippen molar-refractivity contribution in [3.8, 4) is 0 Å². The summed E-state index contributed by atoms with van der Waals surface area (Å²) in [5.74, 6) is -0.256. The zero-order chi connectivity index (χ0) is 22.7. The number of rotatable bonds is 6. The lowest BCUT2D eigenvalue weighted by Crippen LogP contribution is -2.30. The molecule has 1 amide bonds. The number of Topliss-reactive ketones (excluding diaryl/α,β-unsaturated/α-hetero) is 1. The van der Waals surface area contributed by atoms with Crippen LogP contribution < -0.4 is 10.9 Å². The van der Waals surface area contributed by atoms with Crippen molar-refractivity contribution in [1.82, 2.24) is 9.55 Å². The van der Waals surface area contributed by atoms with Gasteiger partial charge < -0.3 is 5.32 Å². The number of carbonyl (C=O) groups excluding carboxylic acids is 2. The molecule has 0 spiro atoms. The van der Waals surface area contributed by atoms with Crippen LogP contribution in [0.1, 0.15) is 62.4 Å². The topological polar surface area (TPSA) is 81.1 Å². The third-order valence-electron chi connectivity index (χ3n) is 5.90. The molecule has 7 heteroatoms. The monoisotopic (exact) mass is 449 g/mol. The van der Waals surface area contributed by atoms with Crippen molar-refractivity contribution >= 4 is 40.0 Å². The van der Waals surface area contributed by atoms with Gasteiger partial charge in [-0.2, -0.15) is 0 Å². The predicted octanol–water partition coefficient (Wildman–Crippen LogP) is 5.22. The molecule has 1 saturated carbocycles. The standard InChI is InChI=1S/C25H27N3O3S/c1-16(29)18-9-8-10-19(15-18)26-23(30)17(2)32-25-27-22-14-7-6-13-21(22)24(31)28(25)20-11-4-3-5-12-20/h6-10,13-15,17,20H,3-5,11-12H2,1-2H3,(H,26,30). The maximum atomic E-state index is 13.4. The van der Waals surface area contributed by atoms with Crippen LogP contribution in [0.5, 0.6) is 0 Å². The van der Waals surface area contributed by atoms with Gasteiger partial charge in [0.25, 0.3) is 5.56 Å². The molecule has 2 aromatic carbocycles. The Hall–Kier alpha value is -2.93. The Morgan fingerprint density at radius 1 is 1.09 bits per heavy atom. The Balaban J connectivity index is 1.62. The molecule has 0 aliphatic heterocycles. The van der Waals surface area contributed by atoms with Gasteiger partial charge >= 0.3 is 0 Å². The van der Waals surface area contributed by atoms with Crippen LogP contribution in [0.3, 0.4) is 0 Å². The lowest BCUT2D eigenvalue weighted by molar-refractivity contribution is -0.115. The van der Waals surface area contributed by atoms with Gasteiger partial charge in [-0.05, 0) is 51.0 Å². The Bertz CT molecular complexity index is 1210. The van der Waals surface area contributed by atoms with Crippen LogP contribution >= 0.6 is 11.8 Å². The highest BCUT2D eigenvalue weighted by atomic mass is 32.2. The van der Waals surface area contributed by atoms with E-state index in [9.17, 15) is 14.4 Å². The summed E-state index contributed by atoms with van der Waals surface area (Å²) in [6.07, 6.45) is 5.28. The van der Waals surface area contributed by atoms with Gasteiger partial charge in [0.1, 0.15) is 0 Å². The largest absolute Gasteiger partial charge is 0.325 e. The molecule has 6 nitrogen and oxygen atoms in total. The highest BCUT2D eigenvalue weighted by molar-refractivity contribution is 8.00. The van der Waals surface area contributed by atoms with Gasteiger partial charge in [0.15, 0.2) is 10.9 Å². The van der Waals surface area contributed by atoms with E-state index in [0.29, 0.717) is 27.3 Å². The first kappa shape index (κ1) is 22.3. The van der Waals surface area contributed by atoms with E-state index < -0.39 is 5.25 Å². The number of nitrogens with one attached hydrogen (secondary N) is 1. The summed E-state index contributed by atoms with van der Waals surface area (Å²) in [5.41, 5.74) is 1.73. The van der Waals surface area contributed by atoms with Crippen LogP contribution in [0.25, 0.3) is 10.9 Å². The zero-order valence-electron chi connectivity index (χ0n) is 18.3. The van der Waals surface area contributed by atoms with E-state index in [1.807, 2.05) is 28.8 Å². The van der Waals surface area contributed by atoms with Crippen molar-refractivity contribution in [3.05, 3.63) is 64.4 Å². The number of thioether (sulfide) groups is 1. The average Bonchev–Trinajstić information content (AvgIpc) is 2.80. The summed E-state index contributed by atoms with van der Waals surface area (Å²) >= 11 is 1.30. The maximum absolute atomic E-state index is 13.4. The quantitative estimate of drug-likeness (QED) is 0.317. The second-order valence-electron chi connectivity index (χ2n) is 8.26. The van der Waals surface area contributed by atoms with Crippen molar-refractivity contribution in [3.63, 3.8) is 0 Å². The molecule has 1 unspecified atom stereocenters. The van der Waals surface area contributed by atoms with Gasteiger partial charge in [-0.1, -0.05) is 55.3 Å². The molecule has 1 fully saturated rings. The molecule has 1 aliphatic rings. The number of amides is 1. The number of hydrogen-bond acceptors (Lipinski definition) is 5. The average molecular weight is 450 g/mol. The van der Waals surface area contributed by atoms with E-state index >= 15 is 0 Å². The number of benzene rings is 2. The Morgan fingerprint density at radius 2 is 1.84 bits per heavy atom. The lowest BCUT2D eigenvalue weighted by Gasteiger charge is -2.26. The van der Waals surface area contributed by atoms with Gasteiger partial charge in [0.2, 0.25) is 5.91 Å². The first-order valence-corrected chi connectivity index (χ1v) is 11.9. The third-order valence-corrected chi connectivity index (χ3v) is 6.97. The van der Waals surface area contributed by atoms with Crippen LogP contribution in [-0.4, -0.2) is 26.5 Å². The molecule has 166 valence electrons. The molecule has 1 atom stereocenters. The predicted molar refractivity (Wildman–Crippen MR) is 129 cm³/mol. The van der Waals surface area contributed by atoms with Crippen molar-refractivity contribution in [2.45, 2.75) is 62.4 Å². The number of aromatic nitrogens is 2. The Morgan fingerprint density at radius 3 is 2.59 bits per heavy atom. The van der Waals surface area contributed by atoms with Crippen LogP contribution in [0, 0.1) is 0 Å². The van der Waals surface area contributed by atoms with E-state index in [0.717, 1.165) is 25.7 Å². The van der Waals surface area contributed by atoms with Crippen molar-refractivity contribution in [2.24, 2.45) is 0 Å². The van der Waals surface area contributed by atoms with Gasteiger partial charge in [0.05, 0.1) is 16.2 Å². The highest BCUT2D eigenvalue weighted by Gasteiger charge is 2.25.